The van der Waals surface area contributed by atoms with Crippen LogP contribution >= 0.6 is 0 Å². The van der Waals surface area contributed by atoms with Crippen LogP contribution in [-0.2, 0) is 6.61 Å². The van der Waals surface area contributed by atoms with E-state index in [0.717, 1.165) is 37.6 Å². The van der Waals surface area contributed by atoms with Gasteiger partial charge in [0.05, 0.1) is 18.1 Å². The lowest BCUT2D eigenvalue weighted by atomic mass is 10.2. The summed E-state index contributed by atoms with van der Waals surface area (Å²) in [6, 6.07) is 10.5. The Bertz CT molecular complexity index is 577. The number of anilines is 1. The van der Waals surface area contributed by atoms with E-state index in [4.69, 9.17) is 4.74 Å². The number of rotatable bonds is 4. The van der Waals surface area contributed by atoms with E-state index in [1.54, 1.807) is 6.20 Å². The number of nitrogens with one attached hydrogen (secondary N) is 1. The average Bonchev–Trinajstić information content (AvgIpc) is 2.55. The molecule has 0 bridgehead atoms. The Morgan fingerprint density at radius 2 is 1.90 bits per heavy atom. The van der Waals surface area contributed by atoms with Crippen LogP contribution < -0.4 is 15.0 Å². The van der Waals surface area contributed by atoms with Crippen LogP contribution in [0.2, 0.25) is 0 Å². The molecule has 1 aromatic heterocycles. The van der Waals surface area contributed by atoms with Crippen molar-refractivity contribution in [1.82, 2.24) is 10.3 Å². The molecule has 1 fully saturated rings. The second kappa shape index (κ2) is 6.59. The molecule has 4 nitrogen and oxygen atoms in total. The fraction of sp³-hybridized carbons (Fsp3) is 0.353. The zero-order chi connectivity index (χ0) is 14.5. The van der Waals surface area contributed by atoms with E-state index in [-0.39, 0.29) is 0 Å². The van der Waals surface area contributed by atoms with E-state index in [1.807, 2.05) is 6.20 Å². The number of aryl methyl sites for hydroxylation is 1. The number of pyridine rings is 1. The molecule has 1 aromatic carbocycles. The highest BCUT2D eigenvalue weighted by molar-refractivity contribution is 5.48. The first-order valence-electron chi connectivity index (χ1n) is 7.40. The van der Waals surface area contributed by atoms with Crippen molar-refractivity contribution in [3.63, 3.8) is 0 Å². The van der Waals surface area contributed by atoms with Gasteiger partial charge in [0.25, 0.3) is 0 Å². The summed E-state index contributed by atoms with van der Waals surface area (Å²) in [4.78, 5) is 6.63. The van der Waals surface area contributed by atoms with Crippen LogP contribution in [0.4, 0.5) is 5.69 Å². The molecule has 0 radical (unpaired) electrons. The van der Waals surface area contributed by atoms with E-state index in [9.17, 15) is 0 Å². The highest BCUT2D eigenvalue weighted by atomic mass is 16.5. The second-order valence-electron chi connectivity index (χ2n) is 5.39. The molecule has 3 rings (SSSR count). The van der Waals surface area contributed by atoms with Gasteiger partial charge in [0, 0.05) is 32.2 Å². The summed E-state index contributed by atoms with van der Waals surface area (Å²) in [6.07, 6.45) is 3.68. The number of benzene rings is 1. The van der Waals surface area contributed by atoms with Crippen LogP contribution in [0, 0.1) is 6.92 Å². The predicted molar refractivity (Wildman–Crippen MR) is 84.8 cm³/mol. The first-order valence-corrected chi connectivity index (χ1v) is 7.40. The SMILES string of the molecule is Cc1ccc(COc2cncc(N3CCNCC3)c2)cc1. The Morgan fingerprint density at radius 1 is 1.14 bits per heavy atom. The van der Waals surface area contributed by atoms with Gasteiger partial charge in [0.15, 0.2) is 0 Å². The van der Waals surface area contributed by atoms with Gasteiger partial charge in [-0.15, -0.1) is 0 Å². The van der Waals surface area contributed by atoms with E-state index in [1.165, 1.54) is 11.1 Å². The summed E-state index contributed by atoms with van der Waals surface area (Å²) in [7, 11) is 0. The van der Waals surface area contributed by atoms with Crippen LogP contribution in [-0.4, -0.2) is 31.2 Å². The van der Waals surface area contributed by atoms with Gasteiger partial charge in [-0.05, 0) is 12.5 Å². The first kappa shape index (κ1) is 13.9. The Balaban J connectivity index is 1.64. The van der Waals surface area contributed by atoms with Crippen molar-refractivity contribution in [2.24, 2.45) is 0 Å². The molecule has 110 valence electrons. The standard InChI is InChI=1S/C17H21N3O/c1-14-2-4-15(5-3-14)13-21-17-10-16(11-19-12-17)20-8-6-18-7-9-20/h2-5,10-12,18H,6-9,13H2,1H3. The number of ether oxygens (including phenoxy) is 1. The van der Waals surface area contributed by atoms with Crippen molar-refractivity contribution < 1.29 is 4.74 Å². The van der Waals surface area contributed by atoms with Gasteiger partial charge < -0.3 is 15.0 Å². The Hall–Kier alpha value is -2.07. The highest BCUT2D eigenvalue weighted by Gasteiger charge is 2.11. The molecule has 0 aliphatic carbocycles. The molecular formula is C17H21N3O. The summed E-state index contributed by atoms with van der Waals surface area (Å²) < 4.78 is 5.86. The summed E-state index contributed by atoms with van der Waals surface area (Å²) in [5, 5.41) is 3.36. The molecule has 0 saturated carbocycles. The number of aromatic nitrogens is 1. The Morgan fingerprint density at radius 3 is 2.67 bits per heavy atom. The molecule has 21 heavy (non-hydrogen) atoms. The third-order valence-corrected chi connectivity index (χ3v) is 3.71. The van der Waals surface area contributed by atoms with Crippen LogP contribution in [0.3, 0.4) is 0 Å². The molecule has 1 N–H and O–H groups in total. The predicted octanol–water partition coefficient (Wildman–Crippen LogP) is 2.38. The van der Waals surface area contributed by atoms with Gasteiger partial charge in [-0.25, -0.2) is 0 Å². The molecule has 2 heterocycles. The molecule has 1 aliphatic heterocycles. The summed E-state index contributed by atoms with van der Waals surface area (Å²) >= 11 is 0. The minimum Gasteiger partial charge on any atom is -0.487 e. The fourth-order valence-electron chi connectivity index (χ4n) is 2.43. The molecule has 2 aromatic rings. The molecule has 1 saturated heterocycles. The monoisotopic (exact) mass is 283 g/mol. The quantitative estimate of drug-likeness (QED) is 0.935. The number of nitrogens with zero attached hydrogens (tertiary/aromatic N) is 2. The minimum atomic E-state index is 0.576. The second-order valence-corrected chi connectivity index (χ2v) is 5.39. The Labute approximate surface area is 125 Å². The van der Waals surface area contributed by atoms with Crippen molar-refractivity contribution in [2.45, 2.75) is 13.5 Å². The molecule has 0 unspecified atom stereocenters. The van der Waals surface area contributed by atoms with Gasteiger partial charge in [0.1, 0.15) is 12.4 Å². The van der Waals surface area contributed by atoms with Gasteiger partial charge >= 0.3 is 0 Å². The molecule has 0 spiro atoms. The maximum atomic E-state index is 5.86. The first-order chi connectivity index (χ1) is 10.3. The van der Waals surface area contributed by atoms with Gasteiger partial charge in [-0.3, -0.25) is 4.98 Å². The lowest BCUT2D eigenvalue weighted by Gasteiger charge is -2.29. The van der Waals surface area contributed by atoms with Crippen LogP contribution in [0.5, 0.6) is 5.75 Å². The zero-order valence-corrected chi connectivity index (χ0v) is 12.4. The third-order valence-electron chi connectivity index (χ3n) is 3.71. The fourth-order valence-corrected chi connectivity index (χ4v) is 2.43. The average molecular weight is 283 g/mol. The van der Waals surface area contributed by atoms with Crippen LogP contribution in [0.15, 0.2) is 42.7 Å². The third kappa shape index (κ3) is 3.73. The maximum absolute atomic E-state index is 5.86. The highest BCUT2D eigenvalue weighted by Crippen LogP contribution is 2.20. The molecule has 0 atom stereocenters. The minimum absolute atomic E-state index is 0.576. The van der Waals surface area contributed by atoms with Crippen molar-refractivity contribution in [3.8, 4) is 5.75 Å². The normalized spacial score (nSPS) is 15.0. The number of hydrogen-bond donors (Lipinski definition) is 1. The number of hydrogen-bond acceptors (Lipinski definition) is 4. The van der Waals surface area contributed by atoms with E-state index in [0.29, 0.717) is 6.61 Å². The zero-order valence-electron chi connectivity index (χ0n) is 12.4. The molecular weight excluding hydrogens is 262 g/mol. The van der Waals surface area contributed by atoms with Crippen molar-refractivity contribution in [3.05, 3.63) is 53.9 Å². The van der Waals surface area contributed by atoms with Gasteiger partial charge in [-0.1, -0.05) is 29.8 Å². The molecule has 0 amide bonds. The lowest BCUT2D eigenvalue weighted by molar-refractivity contribution is 0.305. The van der Waals surface area contributed by atoms with Crippen molar-refractivity contribution in [1.29, 1.82) is 0 Å². The Kier molecular flexibility index (Phi) is 4.36. The maximum Gasteiger partial charge on any atom is 0.140 e. The van der Waals surface area contributed by atoms with Gasteiger partial charge in [-0.2, -0.15) is 0 Å². The summed E-state index contributed by atoms with van der Waals surface area (Å²) in [5.74, 6) is 0.826. The van der Waals surface area contributed by atoms with Crippen LogP contribution in [0.1, 0.15) is 11.1 Å². The van der Waals surface area contributed by atoms with E-state index >= 15 is 0 Å². The molecule has 1 aliphatic rings. The lowest BCUT2D eigenvalue weighted by Crippen LogP contribution is -2.43. The van der Waals surface area contributed by atoms with Gasteiger partial charge in [0.2, 0.25) is 0 Å². The summed E-state index contributed by atoms with van der Waals surface area (Å²) in [6.45, 7) is 6.74. The smallest absolute Gasteiger partial charge is 0.140 e. The van der Waals surface area contributed by atoms with Crippen LogP contribution in [0.25, 0.3) is 0 Å². The van der Waals surface area contributed by atoms with Crippen molar-refractivity contribution in [2.75, 3.05) is 31.1 Å². The number of piperazine rings is 1. The van der Waals surface area contributed by atoms with Crippen molar-refractivity contribution >= 4 is 5.69 Å². The summed E-state index contributed by atoms with van der Waals surface area (Å²) in [5.41, 5.74) is 3.58. The largest absolute Gasteiger partial charge is 0.487 e. The molecule has 4 heteroatoms. The van der Waals surface area contributed by atoms with E-state index < -0.39 is 0 Å². The van der Waals surface area contributed by atoms with E-state index in [2.05, 4.69) is 52.5 Å². The topological polar surface area (TPSA) is 37.4 Å².